The highest BCUT2D eigenvalue weighted by atomic mass is 32.2. The summed E-state index contributed by atoms with van der Waals surface area (Å²) in [6.45, 7) is 3.92. The third kappa shape index (κ3) is 5.07. The minimum atomic E-state index is -3.80. The summed E-state index contributed by atoms with van der Waals surface area (Å²) in [4.78, 5) is 19.8. The van der Waals surface area contributed by atoms with Crippen molar-refractivity contribution in [3.8, 4) is 11.4 Å². The number of H-pyrrole nitrogens is 1. The Morgan fingerprint density at radius 1 is 1.10 bits per heavy atom. The number of thioether (sulfide) groups is 1. The van der Waals surface area contributed by atoms with Crippen LogP contribution in [-0.2, 0) is 14.6 Å². The van der Waals surface area contributed by atoms with Gasteiger partial charge in [0.15, 0.2) is 5.03 Å². The number of hydrogen-bond donors (Lipinski definition) is 2. The van der Waals surface area contributed by atoms with Gasteiger partial charge in [0.05, 0.1) is 10.6 Å². The van der Waals surface area contributed by atoms with Crippen LogP contribution in [0.3, 0.4) is 0 Å². The Balaban J connectivity index is 1.95. The van der Waals surface area contributed by atoms with E-state index in [1.54, 1.807) is 30.3 Å². The molecule has 1 atom stereocenters. The van der Waals surface area contributed by atoms with Gasteiger partial charge in [0.2, 0.25) is 15.7 Å². The van der Waals surface area contributed by atoms with Crippen molar-refractivity contribution in [1.82, 2.24) is 15.3 Å². The smallest absolute Gasteiger partial charge is 0.230 e. The van der Waals surface area contributed by atoms with Crippen molar-refractivity contribution in [3.63, 3.8) is 0 Å². The molecular weight excluding hydrogens is 406 g/mol. The lowest BCUT2D eigenvalue weighted by atomic mass is 10.2. The van der Waals surface area contributed by atoms with Gasteiger partial charge in [-0.2, -0.15) is 0 Å². The highest BCUT2D eigenvalue weighted by molar-refractivity contribution is 8.00. The summed E-state index contributed by atoms with van der Waals surface area (Å²) in [6.07, 6.45) is 0.824. The van der Waals surface area contributed by atoms with Crippen LogP contribution in [0.2, 0.25) is 0 Å². The third-order valence-corrected chi connectivity index (χ3v) is 7.20. The van der Waals surface area contributed by atoms with Gasteiger partial charge in [-0.25, -0.2) is 13.4 Å². The molecule has 29 heavy (non-hydrogen) atoms. The average Bonchev–Trinajstić information content (AvgIpc) is 3.18. The van der Waals surface area contributed by atoms with Gasteiger partial charge in [0, 0.05) is 11.6 Å². The van der Waals surface area contributed by atoms with Crippen LogP contribution in [0.4, 0.5) is 0 Å². The number of carbonyl (C=O) groups is 1. The zero-order valence-corrected chi connectivity index (χ0v) is 17.9. The lowest BCUT2D eigenvalue weighted by Gasteiger charge is -2.10. The maximum Gasteiger partial charge on any atom is 0.230 e. The van der Waals surface area contributed by atoms with E-state index in [1.165, 1.54) is 0 Å². The van der Waals surface area contributed by atoms with Gasteiger partial charge in [-0.1, -0.05) is 67.2 Å². The lowest BCUT2D eigenvalue weighted by Crippen LogP contribution is -2.33. The standard InChI is InChI=1S/C21H23N3O3S2/c1-3-15(2)22-18(25)14-28-20-21(29(26,27)17-12-8-5-9-13-17)24-19(23-20)16-10-6-4-7-11-16/h4-13,15H,3,14H2,1-2H3,(H,22,25)(H,23,24)/t15-/m0/s1. The quantitative estimate of drug-likeness (QED) is 0.530. The summed E-state index contributed by atoms with van der Waals surface area (Å²) >= 11 is 1.11. The number of benzene rings is 2. The Kier molecular flexibility index (Phi) is 6.76. The largest absolute Gasteiger partial charge is 0.353 e. The molecule has 0 unspecified atom stereocenters. The van der Waals surface area contributed by atoms with Gasteiger partial charge in [0.1, 0.15) is 10.9 Å². The van der Waals surface area contributed by atoms with Crippen LogP contribution in [0.25, 0.3) is 11.4 Å². The molecule has 3 rings (SSSR count). The second-order valence-corrected chi connectivity index (χ2v) is 9.42. The molecular formula is C21H23N3O3S2. The zero-order valence-electron chi connectivity index (χ0n) is 16.3. The van der Waals surface area contributed by atoms with Crippen LogP contribution in [0.15, 0.2) is 75.6 Å². The van der Waals surface area contributed by atoms with Crippen LogP contribution in [0, 0.1) is 0 Å². The third-order valence-electron chi connectivity index (χ3n) is 4.37. The first-order valence-corrected chi connectivity index (χ1v) is 11.8. The Morgan fingerprint density at radius 2 is 1.72 bits per heavy atom. The summed E-state index contributed by atoms with van der Waals surface area (Å²) in [7, 11) is -3.80. The molecule has 0 fully saturated rings. The molecule has 0 spiro atoms. The molecule has 1 amide bonds. The second-order valence-electron chi connectivity index (χ2n) is 6.57. The number of aromatic nitrogens is 2. The van der Waals surface area contributed by atoms with E-state index in [0.717, 1.165) is 23.7 Å². The first-order chi connectivity index (χ1) is 13.9. The van der Waals surface area contributed by atoms with Crippen LogP contribution >= 0.6 is 11.8 Å². The highest BCUT2D eigenvalue weighted by Gasteiger charge is 2.26. The van der Waals surface area contributed by atoms with Gasteiger partial charge in [-0.3, -0.25) is 4.79 Å². The van der Waals surface area contributed by atoms with Crippen molar-refractivity contribution in [3.05, 3.63) is 60.7 Å². The Bertz CT molecular complexity index is 1070. The molecule has 1 aromatic heterocycles. The molecule has 0 aliphatic heterocycles. The monoisotopic (exact) mass is 429 g/mol. The van der Waals surface area contributed by atoms with Gasteiger partial charge in [0.25, 0.3) is 0 Å². The minimum absolute atomic E-state index is 0.00360. The predicted octanol–water partition coefficient (Wildman–Crippen LogP) is 3.92. The van der Waals surface area contributed by atoms with Crippen molar-refractivity contribution < 1.29 is 13.2 Å². The lowest BCUT2D eigenvalue weighted by molar-refractivity contribution is -0.119. The summed E-state index contributed by atoms with van der Waals surface area (Å²) in [5.74, 6) is 0.377. The topological polar surface area (TPSA) is 91.9 Å². The van der Waals surface area contributed by atoms with E-state index in [-0.39, 0.29) is 32.6 Å². The van der Waals surface area contributed by atoms with Crippen molar-refractivity contribution in [2.75, 3.05) is 5.75 Å². The average molecular weight is 430 g/mol. The van der Waals surface area contributed by atoms with Crippen LogP contribution in [0.1, 0.15) is 20.3 Å². The fourth-order valence-electron chi connectivity index (χ4n) is 2.62. The van der Waals surface area contributed by atoms with Crippen LogP contribution in [-0.4, -0.2) is 36.1 Å². The fraction of sp³-hybridized carbons (Fsp3) is 0.238. The van der Waals surface area contributed by atoms with Gasteiger partial charge in [-0.05, 0) is 25.5 Å². The van der Waals surface area contributed by atoms with Gasteiger partial charge < -0.3 is 10.3 Å². The van der Waals surface area contributed by atoms with E-state index in [0.29, 0.717) is 5.82 Å². The molecule has 1 heterocycles. The van der Waals surface area contributed by atoms with E-state index in [2.05, 4.69) is 15.3 Å². The molecule has 152 valence electrons. The number of nitrogens with zero attached hydrogens (tertiary/aromatic N) is 1. The molecule has 8 heteroatoms. The molecule has 0 saturated heterocycles. The number of carbonyl (C=O) groups excluding carboxylic acids is 1. The first kappa shape index (κ1) is 21.1. The Hall–Kier alpha value is -2.58. The number of rotatable bonds is 8. The normalized spacial score (nSPS) is 12.5. The van der Waals surface area contributed by atoms with Gasteiger partial charge >= 0.3 is 0 Å². The summed E-state index contributed by atoms with van der Waals surface area (Å²) in [6, 6.07) is 17.6. The van der Waals surface area contributed by atoms with Crippen LogP contribution in [0.5, 0.6) is 0 Å². The van der Waals surface area contributed by atoms with E-state index in [9.17, 15) is 13.2 Å². The SMILES string of the molecule is CC[C@H](C)NC(=O)CSc1nc(-c2ccccc2)[nH]c1S(=O)(=O)c1ccccc1. The van der Waals surface area contributed by atoms with Crippen LogP contribution < -0.4 is 5.32 Å². The molecule has 0 aliphatic carbocycles. The number of sulfone groups is 1. The molecule has 0 aliphatic rings. The summed E-state index contributed by atoms with van der Waals surface area (Å²) in [5.41, 5.74) is 0.771. The molecule has 2 aromatic carbocycles. The number of imidazole rings is 1. The molecule has 6 nitrogen and oxygen atoms in total. The van der Waals surface area contributed by atoms with E-state index >= 15 is 0 Å². The van der Waals surface area contributed by atoms with E-state index in [4.69, 9.17) is 0 Å². The maximum absolute atomic E-state index is 13.2. The number of aromatic amines is 1. The zero-order chi connectivity index (χ0) is 20.9. The van der Waals surface area contributed by atoms with Crippen molar-refractivity contribution in [2.45, 2.75) is 41.3 Å². The summed E-state index contributed by atoms with van der Waals surface area (Å²) in [5, 5.41) is 3.17. The molecule has 0 radical (unpaired) electrons. The number of amides is 1. The molecule has 2 N–H and O–H groups in total. The van der Waals surface area contributed by atoms with Crippen molar-refractivity contribution >= 4 is 27.5 Å². The fourth-order valence-corrected chi connectivity index (χ4v) is 5.08. The molecule has 0 saturated carbocycles. The maximum atomic E-state index is 13.2. The van der Waals surface area contributed by atoms with Gasteiger partial charge in [-0.15, -0.1) is 0 Å². The second kappa shape index (κ2) is 9.28. The Labute approximate surface area is 175 Å². The first-order valence-electron chi connectivity index (χ1n) is 9.29. The number of nitrogens with one attached hydrogen (secondary N) is 2. The van der Waals surface area contributed by atoms with Crippen molar-refractivity contribution in [2.24, 2.45) is 0 Å². The van der Waals surface area contributed by atoms with Crippen molar-refractivity contribution in [1.29, 1.82) is 0 Å². The van der Waals surface area contributed by atoms with E-state index in [1.807, 2.05) is 44.2 Å². The summed E-state index contributed by atoms with van der Waals surface area (Å²) < 4.78 is 26.4. The molecule has 3 aromatic rings. The Morgan fingerprint density at radius 3 is 2.34 bits per heavy atom. The minimum Gasteiger partial charge on any atom is -0.353 e. The molecule has 0 bridgehead atoms. The van der Waals surface area contributed by atoms with E-state index < -0.39 is 9.84 Å². The number of hydrogen-bond acceptors (Lipinski definition) is 5. The predicted molar refractivity (Wildman–Crippen MR) is 115 cm³/mol. The highest BCUT2D eigenvalue weighted by Crippen LogP contribution is 2.31.